The maximum atomic E-state index is 12.7. The third kappa shape index (κ3) is 3.12. The van der Waals surface area contributed by atoms with E-state index in [1.54, 1.807) is 19.9 Å². The third-order valence-electron chi connectivity index (χ3n) is 4.28. The van der Waals surface area contributed by atoms with E-state index in [0.717, 1.165) is 5.56 Å². The first-order valence-corrected chi connectivity index (χ1v) is 7.83. The molecule has 1 aromatic carbocycles. The summed E-state index contributed by atoms with van der Waals surface area (Å²) in [4.78, 5) is 12.7. The van der Waals surface area contributed by atoms with Crippen molar-refractivity contribution >= 4 is 5.91 Å². The fraction of sp³-hybridized carbons (Fsp3) is 0.611. The largest absolute Gasteiger partial charge is 0.492 e. The van der Waals surface area contributed by atoms with Gasteiger partial charge in [0.1, 0.15) is 5.75 Å². The van der Waals surface area contributed by atoms with Crippen molar-refractivity contribution in [1.82, 2.24) is 5.32 Å². The van der Waals surface area contributed by atoms with Crippen molar-refractivity contribution < 1.29 is 14.6 Å². The molecule has 0 unspecified atom stereocenters. The van der Waals surface area contributed by atoms with Crippen molar-refractivity contribution in [3.8, 4) is 5.75 Å². The summed E-state index contributed by atoms with van der Waals surface area (Å²) in [6, 6.07) is 5.34. The highest BCUT2D eigenvalue weighted by Crippen LogP contribution is 2.40. The number of fused-ring (bicyclic) bond motifs is 1. The molecule has 2 N–H and O–H groups in total. The lowest BCUT2D eigenvalue weighted by Crippen LogP contribution is -2.52. The SMILES string of the molecule is CC(C)[C@H](NC(=O)c1cccc2c1OCC2(C)C)C(C)(C)O. The normalized spacial score (nSPS) is 17.8. The van der Waals surface area contributed by atoms with E-state index in [1.165, 1.54) is 0 Å². The molecule has 2 rings (SSSR count). The number of hydrogen-bond donors (Lipinski definition) is 2. The van der Waals surface area contributed by atoms with Crippen LogP contribution < -0.4 is 10.1 Å². The lowest BCUT2D eigenvalue weighted by atomic mass is 9.86. The van der Waals surface area contributed by atoms with Gasteiger partial charge < -0.3 is 15.2 Å². The van der Waals surface area contributed by atoms with Crippen LogP contribution in [0.2, 0.25) is 0 Å². The van der Waals surface area contributed by atoms with Crippen LogP contribution in [0.4, 0.5) is 0 Å². The molecule has 1 aliphatic rings. The molecule has 0 spiro atoms. The van der Waals surface area contributed by atoms with E-state index in [4.69, 9.17) is 4.74 Å². The number of nitrogens with one attached hydrogen (secondary N) is 1. The summed E-state index contributed by atoms with van der Waals surface area (Å²) in [7, 11) is 0. The average Bonchev–Trinajstić information content (AvgIpc) is 2.70. The molecule has 0 saturated carbocycles. The van der Waals surface area contributed by atoms with Crippen LogP contribution in [-0.2, 0) is 5.41 Å². The molecular formula is C18H27NO3. The molecule has 1 amide bonds. The fourth-order valence-electron chi connectivity index (χ4n) is 3.11. The van der Waals surface area contributed by atoms with Crippen molar-refractivity contribution in [3.63, 3.8) is 0 Å². The van der Waals surface area contributed by atoms with Crippen LogP contribution >= 0.6 is 0 Å². The van der Waals surface area contributed by atoms with Gasteiger partial charge in [0, 0.05) is 11.0 Å². The first-order chi connectivity index (χ1) is 10.0. The molecule has 0 bridgehead atoms. The summed E-state index contributed by atoms with van der Waals surface area (Å²) in [5, 5.41) is 13.2. The van der Waals surface area contributed by atoms with E-state index >= 15 is 0 Å². The standard InChI is InChI=1S/C18H27NO3/c1-11(2)15(18(5,6)21)19-16(20)12-8-7-9-13-14(12)22-10-17(13,3)4/h7-9,11,15,21H,10H2,1-6H3,(H,19,20)/t15-/m0/s1. The van der Waals surface area contributed by atoms with Crippen molar-refractivity contribution in [1.29, 1.82) is 0 Å². The number of aliphatic hydroxyl groups is 1. The summed E-state index contributed by atoms with van der Waals surface area (Å²) in [5.74, 6) is 0.594. The third-order valence-corrected chi connectivity index (χ3v) is 4.28. The number of para-hydroxylation sites is 1. The molecule has 1 aromatic rings. The quantitative estimate of drug-likeness (QED) is 0.899. The van der Waals surface area contributed by atoms with Crippen molar-refractivity contribution in [2.45, 2.75) is 58.6 Å². The van der Waals surface area contributed by atoms with Crippen molar-refractivity contribution in [2.75, 3.05) is 6.61 Å². The number of carbonyl (C=O) groups is 1. The van der Waals surface area contributed by atoms with Gasteiger partial charge in [-0.25, -0.2) is 0 Å². The minimum atomic E-state index is -0.984. The Labute approximate surface area is 132 Å². The summed E-state index contributed by atoms with van der Waals surface area (Å²) >= 11 is 0. The Kier molecular flexibility index (Phi) is 4.26. The second-order valence-electron chi connectivity index (χ2n) is 7.70. The Morgan fingerprint density at radius 1 is 1.36 bits per heavy atom. The van der Waals surface area contributed by atoms with Gasteiger partial charge in [0.05, 0.1) is 23.8 Å². The molecule has 0 aromatic heterocycles. The Bertz CT molecular complexity index is 570. The highest BCUT2D eigenvalue weighted by molar-refractivity contribution is 5.98. The van der Waals surface area contributed by atoms with E-state index in [9.17, 15) is 9.90 Å². The molecule has 4 nitrogen and oxygen atoms in total. The van der Waals surface area contributed by atoms with Crippen LogP contribution in [-0.4, -0.2) is 29.3 Å². The van der Waals surface area contributed by atoms with Crippen molar-refractivity contribution in [2.24, 2.45) is 5.92 Å². The molecule has 122 valence electrons. The predicted molar refractivity (Wildman–Crippen MR) is 87.4 cm³/mol. The molecule has 22 heavy (non-hydrogen) atoms. The molecular weight excluding hydrogens is 278 g/mol. The van der Waals surface area contributed by atoms with Crippen LogP contribution in [0.3, 0.4) is 0 Å². The van der Waals surface area contributed by atoms with Crippen LogP contribution in [0.1, 0.15) is 57.5 Å². The number of hydrogen-bond acceptors (Lipinski definition) is 3. The predicted octanol–water partition coefficient (Wildman–Crippen LogP) is 2.88. The molecule has 0 fully saturated rings. The molecule has 4 heteroatoms. The number of carbonyl (C=O) groups excluding carboxylic acids is 1. The maximum absolute atomic E-state index is 12.7. The molecule has 0 aliphatic carbocycles. The van der Waals surface area contributed by atoms with Gasteiger partial charge in [0.25, 0.3) is 5.91 Å². The zero-order valence-electron chi connectivity index (χ0n) is 14.4. The van der Waals surface area contributed by atoms with Gasteiger partial charge in [-0.05, 0) is 25.8 Å². The molecule has 1 heterocycles. The minimum Gasteiger partial charge on any atom is -0.492 e. The first-order valence-electron chi connectivity index (χ1n) is 7.83. The minimum absolute atomic E-state index is 0.0840. The highest BCUT2D eigenvalue weighted by Gasteiger charge is 2.36. The zero-order valence-corrected chi connectivity index (χ0v) is 14.4. The van der Waals surface area contributed by atoms with Crippen LogP contribution in [0.25, 0.3) is 0 Å². The average molecular weight is 305 g/mol. The maximum Gasteiger partial charge on any atom is 0.255 e. The first kappa shape index (κ1) is 16.8. The Balaban J connectivity index is 2.30. The topological polar surface area (TPSA) is 58.6 Å². The number of amides is 1. The van der Waals surface area contributed by atoms with Gasteiger partial charge in [-0.1, -0.05) is 39.8 Å². The second kappa shape index (κ2) is 5.58. The van der Waals surface area contributed by atoms with E-state index < -0.39 is 5.60 Å². The summed E-state index contributed by atoms with van der Waals surface area (Å²) in [5.41, 5.74) is 0.531. The van der Waals surface area contributed by atoms with Gasteiger partial charge in [-0.2, -0.15) is 0 Å². The fourth-order valence-corrected chi connectivity index (χ4v) is 3.11. The van der Waals surface area contributed by atoms with E-state index in [1.807, 2.05) is 26.0 Å². The summed E-state index contributed by atoms with van der Waals surface area (Å²) in [6.45, 7) is 12.2. The Morgan fingerprint density at radius 2 is 2.00 bits per heavy atom. The van der Waals surface area contributed by atoms with Crippen LogP contribution in [0.5, 0.6) is 5.75 Å². The zero-order chi connectivity index (χ0) is 16.7. The van der Waals surface area contributed by atoms with Gasteiger partial charge in [0.15, 0.2) is 0 Å². The molecule has 1 atom stereocenters. The van der Waals surface area contributed by atoms with Crippen molar-refractivity contribution in [3.05, 3.63) is 29.3 Å². The Morgan fingerprint density at radius 3 is 2.55 bits per heavy atom. The van der Waals surface area contributed by atoms with E-state index in [2.05, 4.69) is 19.2 Å². The second-order valence-corrected chi connectivity index (χ2v) is 7.70. The molecule has 1 aliphatic heterocycles. The smallest absolute Gasteiger partial charge is 0.255 e. The lowest BCUT2D eigenvalue weighted by Gasteiger charge is -2.33. The summed E-state index contributed by atoms with van der Waals surface area (Å²) in [6.07, 6.45) is 0. The van der Waals surface area contributed by atoms with E-state index in [-0.39, 0.29) is 23.3 Å². The highest BCUT2D eigenvalue weighted by atomic mass is 16.5. The molecule has 0 radical (unpaired) electrons. The Hall–Kier alpha value is -1.55. The molecule has 0 saturated heterocycles. The van der Waals surface area contributed by atoms with Crippen LogP contribution in [0, 0.1) is 5.92 Å². The van der Waals surface area contributed by atoms with Gasteiger partial charge in [-0.3, -0.25) is 4.79 Å². The number of benzene rings is 1. The van der Waals surface area contributed by atoms with Gasteiger partial charge in [-0.15, -0.1) is 0 Å². The lowest BCUT2D eigenvalue weighted by molar-refractivity contribution is 0.0194. The summed E-state index contributed by atoms with van der Waals surface area (Å²) < 4.78 is 5.77. The monoisotopic (exact) mass is 305 g/mol. The number of rotatable bonds is 4. The number of ether oxygens (including phenoxy) is 1. The van der Waals surface area contributed by atoms with Crippen LogP contribution in [0.15, 0.2) is 18.2 Å². The van der Waals surface area contributed by atoms with E-state index in [0.29, 0.717) is 17.9 Å². The van der Waals surface area contributed by atoms with Gasteiger partial charge >= 0.3 is 0 Å². The van der Waals surface area contributed by atoms with Gasteiger partial charge in [0.2, 0.25) is 0 Å².